The zero-order valence-corrected chi connectivity index (χ0v) is 12.9. The number of nitrogens with zero attached hydrogens (tertiary/aromatic N) is 3. The van der Waals surface area contributed by atoms with Crippen LogP contribution in [0.15, 0.2) is 29.3 Å². The van der Waals surface area contributed by atoms with E-state index in [0.29, 0.717) is 11.1 Å². The Morgan fingerprint density at radius 1 is 1.38 bits per heavy atom. The minimum atomic E-state index is -3.62. The van der Waals surface area contributed by atoms with Gasteiger partial charge >= 0.3 is 0 Å². The molecule has 7 heteroatoms. The molecule has 0 radical (unpaired) electrons. The molecule has 0 fully saturated rings. The van der Waals surface area contributed by atoms with E-state index in [1.165, 1.54) is 12.1 Å². The fourth-order valence-corrected chi connectivity index (χ4v) is 3.32. The van der Waals surface area contributed by atoms with Crippen molar-refractivity contribution in [1.29, 1.82) is 5.26 Å². The third-order valence-electron chi connectivity index (χ3n) is 3.16. The minimum Gasteiger partial charge on any atom is -0.275 e. The van der Waals surface area contributed by atoms with E-state index in [0.717, 1.165) is 11.3 Å². The maximum atomic E-state index is 12.3. The van der Waals surface area contributed by atoms with Crippen molar-refractivity contribution in [2.24, 2.45) is 7.05 Å². The molecule has 2 aromatic rings. The van der Waals surface area contributed by atoms with Gasteiger partial charge in [-0.15, -0.1) is 0 Å². The topological polar surface area (TPSA) is 87.8 Å². The summed E-state index contributed by atoms with van der Waals surface area (Å²) in [6, 6.07) is 6.50. The van der Waals surface area contributed by atoms with Crippen LogP contribution in [-0.2, 0) is 23.6 Å². The molecule has 0 bridgehead atoms. The number of benzene rings is 1. The molecule has 0 aliphatic carbocycles. The highest BCUT2D eigenvalue weighted by Gasteiger charge is 2.17. The molecule has 1 aromatic carbocycles. The van der Waals surface area contributed by atoms with Crippen molar-refractivity contribution < 1.29 is 8.42 Å². The molecule has 0 saturated carbocycles. The molecule has 0 amide bonds. The Hall–Kier alpha value is -2.17. The van der Waals surface area contributed by atoms with Gasteiger partial charge in [-0.05, 0) is 37.6 Å². The molecule has 0 unspecified atom stereocenters. The maximum Gasteiger partial charge on any atom is 0.241 e. The molecule has 1 N–H and O–H groups in total. The molecule has 110 valence electrons. The summed E-state index contributed by atoms with van der Waals surface area (Å²) in [7, 11) is -1.83. The molecule has 0 spiro atoms. The van der Waals surface area contributed by atoms with Crippen LogP contribution in [0.4, 0.5) is 0 Å². The molecule has 1 heterocycles. The fourth-order valence-electron chi connectivity index (χ4n) is 2.09. The Balaban J connectivity index is 2.23. The molecular formula is C14H16N4O2S. The van der Waals surface area contributed by atoms with Gasteiger partial charge in [0.05, 0.1) is 22.2 Å². The van der Waals surface area contributed by atoms with Crippen LogP contribution in [0, 0.1) is 25.2 Å². The molecule has 0 aliphatic rings. The van der Waals surface area contributed by atoms with Crippen LogP contribution in [0.1, 0.15) is 22.4 Å². The lowest BCUT2D eigenvalue weighted by Crippen LogP contribution is -2.24. The van der Waals surface area contributed by atoms with E-state index in [4.69, 9.17) is 5.26 Å². The van der Waals surface area contributed by atoms with Crippen LogP contribution in [-0.4, -0.2) is 18.2 Å². The Morgan fingerprint density at radius 2 is 2.10 bits per heavy atom. The van der Waals surface area contributed by atoms with E-state index >= 15 is 0 Å². The minimum absolute atomic E-state index is 0.182. The number of rotatable bonds is 4. The number of nitrogens with one attached hydrogen (secondary N) is 1. The van der Waals surface area contributed by atoms with Gasteiger partial charge in [-0.3, -0.25) is 4.68 Å². The first-order valence-electron chi connectivity index (χ1n) is 6.33. The summed E-state index contributed by atoms with van der Waals surface area (Å²) in [6.45, 7) is 3.68. The molecule has 1 aromatic heterocycles. The predicted octanol–water partition coefficient (Wildman–Crippen LogP) is 1.39. The van der Waals surface area contributed by atoms with E-state index in [9.17, 15) is 8.42 Å². The van der Waals surface area contributed by atoms with Crippen LogP contribution in [0.3, 0.4) is 0 Å². The van der Waals surface area contributed by atoms with Crippen LogP contribution >= 0.6 is 0 Å². The van der Waals surface area contributed by atoms with Crippen molar-refractivity contribution in [1.82, 2.24) is 14.5 Å². The zero-order chi connectivity index (χ0) is 15.6. The van der Waals surface area contributed by atoms with Gasteiger partial charge in [0.2, 0.25) is 10.0 Å². The highest BCUT2D eigenvalue weighted by molar-refractivity contribution is 7.89. The Bertz CT molecular complexity index is 816. The average molecular weight is 304 g/mol. The van der Waals surface area contributed by atoms with Crippen LogP contribution < -0.4 is 4.72 Å². The summed E-state index contributed by atoms with van der Waals surface area (Å²) in [6.07, 6.45) is 1.78. The molecule has 0 aliphatic heterocycles. The maximum absolute atomic E-state index is 12.3. The second kappa shape index (κ2) is 5.68. The van der Waals surface area contributed by atoms with Gasteiger partial charge in [0.1, 0.15) is 0 Å². The molecular weight excluding hydrogens is 288 g/mol. The summed E-state index contributed by atoms with van der Waals surface area (Å²) in [5, 5.41) is 13.0. The highest BCUT2D eigenvalue weighted by Crippen LogP contribution is 2.17. The summed E-state index contributed by atoms with van der Waals surface area (Å²) in [5.41, 5.74) is 2.60. The van der Waals surface area contributed by atoms with Gasteiger partial charge in [0.15, 0.2) is 0 Å². The van der Waals surface area contributed by atoms with Gasteiger partial charge in [0, 0.05) is 25.4 Å². The second-order valence-electron chi connectivity index (χ2n) is 4.83. The highest BCUT2D eigenvalue weighted by atomic mass is 32.2. The van der Waals surface area contributed by atoms with Gasteiger partial charge < -0.3 is 0 Å². The summed E-state index contributed by atoms with van der Waals surface area (Å²) in [4.78, 5) is 0.183. The first kappa shape index (κ1) is 15.2. The fraction of sp³-hybridized carbons (Fsp3) is 0.286. The van der Waals surface area contributed by atoms with E-state index in [2.05, 4.69) is 9.82 Å². The van der Waals surface area contributed by atoms with Gasteiger partial charge in [-0.2, -0.15) is 10.4 Å². The number of nitriles is 1. The van der Waals surface area contributed by atoms with E-state index < -0.39 is 10.0 Å². The lowest BCUT2D eigenvalue weighted by atomic mass is 10.2. The number of hydrogen-bond donors (Lipinski definition) is 1. The van der Waals surface area contributed by atoms with Crippen LogP contribution in [0.5, 0.6) is 0 Å². The number of aromatic nitrogens is 2. The second-order valence-corrected chi connectivity index (χ2v) is 6.57. The van der Waals surface area contributed by atoms with Crippen molar-refractivity contribution in [3.8, 4) is 6.07 Å². The van der Waals surface area contributed by atoms with E-state index in [-0.39, 0.29) is 11.4 Å². The monoisotopic (exact) mass is 304 g/mol. The average Bonchev–Trinajstić information content (AvgIpc) is 2.74. The lowest BCUT2D eigenvalue weighted by Gasteiger charge is -2.09. The smallest absolute Gasteiger partial charge is 0.241 e. The largest absolute Gasteiger partial charge is 0.275 e. The number of aryl methyl sites for hydroxylation is 3. The molecule has 2 rings (SSSR count). The predicted molar refractivity (Wildman–Crippen MR) is 77.9 cm³/mol. The normalized spacial score (nSPS) is 11.3. The van der Waals surface area contributed by atoms with Gasteiger partial charge in [0.25, 0.3) is 0 Å². The number of hydrogen-bond acceptors (Lipinski definition) is 4. The van der Waals surface area contributed by atoms with Crippen LogP contribution in [0.25, 0.3) is 0 Å². The Morgan fingerprint density at radius 3 is 2.62 bits per heavy atom. The molecule has 0 saturated heterocycles. The van der Waals surface area contributed by atoms with Crippen molar-refractivity contribution in [3.05, 3.63) is 46.8 Å². The first-order chi connectivity index (χ1) is 9.83. The zero-order valence-electron chi connectivity index (χ0n) is 12.1. The Kier molecular flexibility index (Phi) is 4.11. The third kappa shape index (κ3) is 3.29. The standard InChI is InChI=1S/C14H16N4O2S/c1-10-6-12(7-15)4-5-14(10)21(19,20)16-8-13-9-18(3)17-11(13)2/h4-6,9,16H,8H2,1-3H3. The van der Waals surface area contributed by atoms with Crippen molar-refractivity contribution in [3.63, 3.8) is 0 Å². The molecule has 21 heavy (non-hydrogen) atoms. The quantitative estimate of drug-likeness (QED) is 0.924. The van der Waals surface area contributed by atoms with E-state index in [1.807, 2.05) is 13.0 Å². The van der Waals surface area contributed by atoms with Gasteiger partial charge in [-0.25, -0.2) is 13.1 Å². The van der Waals surface area contributed by atoms with Crippen molar-refractivity contribution >= 4 is 10.0 Å². The summed E-state index contributed by atoms with van der Waals surface area (Å²) in [5.74, 6) is 0. The molecule has 6 nitrogen and oxygen atoms in total. The third-order valence-corrected chi connectivity index (χ3v) is 4.72. The summed E-state index contributed by atoms with van der Waals surface area (Å²) >= 11 is 0. The lowest BCUT2D eigenvalue weighted by molar-refractivity contribution is 0.580. The first-order valence-corrected chi connectivity index (χ1v) is 7.81. The Labute approximate surface area is 124 Å². The van der Waals surface area contributed by atoms with E-state index in [1.54, 1.807) is 30.9 Å². The SMILES string of the molecule is Cc1cc(C#N)ccc1S(=O)(=O)NCc1cn(C)nc1C. The van der Waals surface area contributed by atoms with Crippen molar-refractivity contribution in [2.75, 3.05) is 0 Å². The summed E-state index contributed by atoms with van der Waals surface area (Å²) < 4.78 is 28.9. The van der Waals surface area contributed by atoms with Crippen LogP contribution in [0.2, 0.25) is 0 Å². The van der Waals surface area contributed by atoms with Gasteiger partial charge in [-0.1, -0.05) is 0 Å². The van der Waals surface area contributed by atoms with Crippen molar-refractivity contribution in [2.45, 2.75) is 25.3 Å². The number of sulfonamides is 1. The molecule has 0 atom stereocenters.